The summed E-state index contributed by atoms with van der Waals surface area (Å²) in [7, 11) is 0. The van der Waals surface area contributed by atoms with Crippen LogP contribution in [0.1, 0.15) is 10.4 Å². The molecule has 0 saturated carbocycles. The molecule has 4 aromatic rings. The van der Waals surface area contributed by atoms with Gasteiger partial charge in [0.2, 0.25) is 0 Å². The SMILES string of the molecule is O=C(c1ccccc1-c1ccccn1)N(c1ccccc1)c1ccccc1. The highest BCUT2D eigenvalue weighted by molar-refractivity contribution is 6.14. The van der Waals surface area contributed by atoms with E-state index < -0.39 is 0 Å². The fraction of sp³-hybridized carbons (Fsp3) is 0. The summed E-state index contributed by atoms with van der Waals surface area (Å²) in [5.74, 6) is -0.0892. The lowest BCUT2D eigenvalue weighted by Gasteiger charge is -2.24. The Morgan fingerprint density at radius 2 is 1.19 bits per heavy atom. The number of pyridine rings is 1. The number of carbonyl (C=O) groups excluding carboxylic acids is 1. The first-order valence-electron chi connectivity index (χ1n) is 8.79. The number of aromatic nitrogens is 1. The third kappa shape index (κ3) is 3.48. The second-order valence-electron chi connectivity index (χ2n) is 6.07. The van der Waals surface area contributed by atoms with Gasteiger partial charge in [0.05, 0.1) is 5.69 Å². The highest BCUT2D eigenvalue weighted by Gasteiger charge is 2.22. The van der Waals surface area contributed by atoms with Crippen molar-refractivity contribution in [3.63, 3.8) is 0 Å². The number of rotatable bonds is 4. The van der Waals surface area contributed by atoms with Crippen LogP contribution in [-0.4, -0.2) is 10.9 Å². The molecule has 130 valence electrons. The third-order valence-corrected chi connectivity index (χ3v) is 4.33. The van der Waals surface area contributed by atoms with Gasteiger partial charge in [-0.3, -0.25) is 14.7 Å². The molecule has 3 nitrogen and oxygen atoms in total. The van der Waals surface area contributed by atoms with Gasteiger partial charge in [0, 0.05) is 28.7 Å². The molecule has 1 heterocycles. The number of nitrogens with zero attached hydrogens (tertiary/aromatic N) is 2. The number of carbonyl (C=O) groups is 1. The van der Waals surface area contributed by atoms with Crippen LogP contribution in [0.25, 0.3) is 11.3 Å². The predicted molar refractivity (Wildman–Crippen MR) is 109 cm³/mol. The molecule has 0 spiro atoms. The van der Waals surface area contributed by atoms with Gasteiger partial charge in [-0.25, -0.2) is 0 Å². The molecule has 27 heavy (non-hydrogen) atoms. The van der Waals surface area contributed by atoms with Crippen molar-refractivity contribution in [3.8, 4) is 11.3 Å². The normalized spacial score (nSPS) is 10.4. The maximum absolute atomic E-state index is 13.6. The van der Waals surface area contributed by atoms with Crippen LogP contribution in [0.15, 0.2) is 109 Å². The standard InChI is InChI=1S/C24H18N2O/c27-24(22-16-8-7-15-21(22)23-17-9-10-18-25-23)26(19-11-3-1-4-12-19)20-13-5-2-6-14-20/h1-18H. The van der Waals surface area contributed by atoms with Crippen LogP contribution in [-0.2, 0) is 0 Å². The summed E-state index contributed by atoms with van der Waals surface area (Å²) >= 11 is 0. The Hall–Kier alpha value is -3.72. The molecule has 0 N–H and O–H groups in total. The van der Waals surface area contributed by atoms with E-state index in [9.17, 15) is 4.79 Å². The van der Waals surface area contributed by atoms with E-state index in [-0.39, 0.29) is 5.91 Å². The highest BCUT2D eigenvalue weighted by atomic mass is 16.2. The average molecular weight is 350 g/mol. The van der Waals surface area contributed by atoms with Crippen LogP contribution in [0.2, 0.25) is 0 Å². The van der Waals surface area contributed by atoms with Gasteiger partial charge in [0.15, 0.2) is 0 Å². The minimum absolute atomic E-state index is 0.0892. The van der Waals surface area contributed by atoms with Gasteiger partial charge in [-0.05, 0) is 42.5 Å². The number of benzene rings is 3. The summed E-state index contributed by atoms with van der Waals surface area (Å²) in [5.41, 5.74) is 3.86. The molecule has 0 radical (unpaired) electrons. The van der Waals surface area contributed by atoms with Crippen LogP contribution in [0.4, 0.5) is 11.4 Å². The number of hydrogen-bond donors (Lipinski definition) is 0. The Labute approximate surface area is 158 Å². The van der Waals surface area contributed by atoms with E-state index >= 15 is 0 Å². The van der Waals surface area contributed by atoms with E-state index in [1.165, 1.54) is 0 Å². The second kappa shape index (κ2) is 7.67. The Kier molecular flexibility index (Phi) is 4.75. The molecule has 1 amide bonds. The van der Waals surface area contributed by atoms with Crippen molar-refractivity contribution in [3.05, 3.63) is 115 Å². The van der Waals surface area contributed by atoms with Gasteiger partial charge >= 0.3 is 0 Å². The first-order valence-corrected chi connectivity index (χ1v) is 8.79. The van der Waals surface area contributed by atoms with E-state index in [1.54, 1.807) is 11.1 Å². The largest absolute Gasteiger partial charge is 0.277 e. The maximum atomic E-state index is 13.6. The number of para-hydroxylation sites is 2. The molecule has 1 aromatic heterocycles. The molecule has 0 atom stereocenters. The third-order valence-electron chi connectivity index (χ3n) is 4.33. The molecule has 0 saturated heterocycles. The zero-order chi connectivity index (χ0) is 18.5. The van der Waals surface area contributed by atoms with Gasteiger partial charge in [-0.15, -0.1) is 0 Å². The smallest absolute Gasteiger partial charge is 0.263 e. The Balaban J connectivity index is 1.85. The molecule has 0 bridgehead atoms. The van der Waals surface area contributed by atoms with Crippen molar-refractivity contribution in [2.24, 2.45) is 0 Å². The van der Waals surface area contributed by atoms with Crippen LogP contribution >= 0.6 is 0 Å². The zero-order valence-corrected chi connectivity index (χ0v) is 14.7. The first kappa shape index (κ1) is 16.7. The molecule has 0 aliphatic carbocycles. The summed E-state index contributed by atoms with van der Waals surface area (Å²) in [6.07, 6.45) is 1.74. The molecule has 0 aliphatic rings. The van der Waals surface area contributed by atoms with Crippen LogP contribution in [0.3, 0.4) is 0 Å². The minimum Gasteiger partial charge on any atom is -0.277 e. The van der Waals surface area contributed by atoms with Crippen molar-refractivity contribution in [1.82, 2.24) is 4.98 Å². The lowest BCUT2D eigenvalue weighted by Crippen LogP contribution is -2.26. The van der Waals surface area contributed by atoms with Crippen LogP contribution in [0.5, 0.6) is 0 Å². The van der Waals surface area contributed by atoms with Gasteiger partial charge < -0.3 is 0 Å². The van der Waals surface area contributed by atoms with E-state index in [4.69, 9.17) is 0 Å². The van der Waals surface area contributed by atoms with Crippen molar-refractivity contribution in [2.45, 2.75) is 0 Å². The first-order chi connectivity index (χ1) is 13.3. The van der Waals surface area contributed by atoms with Gasteiger partial charge in [0.1, 0.15) is 0 Å². The van der Waals surface area contributed by atoms with E-state index in [0.717, 1.165) is 22.6 Å². The second-order valence-corrected chi connectivity index (χ2v) is 6.07. The lowest BCUT2D eigenvalue weighted by atomic mass is 10.0. The van der Waals surface area contributed by atoms with Crippen molar-refractivity contribution < 1.29 is 4.79 Å². The van der Waals surface area contributed by atoms with Gasteiger partial charge in [-0.2, -0.15) is 0 Å². The Morgan fingerprint density at radius 1 is 0.630 bits per heavy atom. The number of hydrogen-bond acceptors (Lipinski definition) is 2. The monoisotopic (exact) mass is 350 g/mol. The quantitative estimate of drug-likeness (QED) is 0.471. The number of anilines is 2. The van der Waals surface area contributed by atoms with Crippen molar-refractivity contribution >= 4 is 17.3 Å². The van der Waals surface area contributed by atoms with Crippen molar-refractivity contribution in [1.29, 1.82) is 0 Å². The van der Waals surface area contributed by atoms with Gasteiger partial charge in [-0.1, -0.05) is 60.7 Å². The summed E-state index contributed by atoms with van der Waals surface area (Å²) in [6.45, 7) is 0. The topological polar surface area (TPSA) is 33.2 Å². The molecule has 3 heteroatoms. The highest BCUT2D eigenvalue weighted by Crippen LogP contribution is 2.30. The van der Waals surface area contributed by atoms with E-state index in [2.05, 4.69) is 4.98 Å². The summed E-state index contributed by atoms with van der Waals surface area (Å²) in [5, 5.41) is 0. The fourth-order valence-corrected chi connectivity index (χ4v) is 3.07. The Morgan fingerprint density at radius 3 is 1.78 bits per heavy atom. The fourth-order valence-electron chi connectivity index (χ4n) is 3.07. The number of amides is 1. The van der Waals surface area contributed by atoms with Crippen molar-refractivity contribution in [2.75, 3.05) is 4.90 Å². The molecule has 0 aliphatic heterocycles. The molecule has 3 aromatic carbocycles. The maximum Gasteiger partial charge on any atom is 0.263 e. The minimum atomic E-state index is -0.0892. The molecule has 0 unspecified atom stereocenters. The lowest BCUT2D eigenvalue weighted by molar-refractivity contribution is 0.1000. The van der Waals surface area contributed by atoms with Crippen LogP contribution < -0.4 is 4.90 Å². The summed E-state index contributed by atoms with van der Waals surface area (Å²) < 4.78 is 0. The molecule has 0 fully saturated rings. The molecule has 4 rings (SSSR count). The average Bonchev–Trinajstić information content (AvgIpc) is 2.76. The molecular formula is C24H18N2O. The summed E-state index contributed by atoms with van der Waals surface area (Å²) in [4.78, 5) is 19.8. The van der Waals surface area contributed by atoms with Gasteiger partial charge in [0.25, 0.3) is 5.91 Å². The Bertz CT molecular complexity index is 992. The van der Waals surface area contributed by atoms with E-state index in [1.807, 2.05) is 103 Å². The zero-order valence-electron chi connectivity index (χ0n) is 14.7. The van der Waals surface area contributed by atoms with E-state index in [0.29, 0.717) is 5.56 Å². The molecular weight excluding hydrogens is 332 g/mol. The predicted octanol–water partition coefficient (Wildman–Crippen LogP) is 5.73. The van der Waals surface area contributed by atoms with Crippen LogP contribution in [0, 0.1) is 0 Å². The summed E-state index contributed by atoms with van der Waals surface area (Å²) in [6, 6.07) is 32.7.